The maximum absolute atomic E-state index is 10.5. The molecule has 5 nitrogen and oxygen atoms in total. The minimum Gasteiger partial charge on any atom is -0.481 e. The smallest absolute Gasteiger partial charge is 0.303 e. The highest BCUT2D eigenvalue weighted by molar-refractivity contribution is 7.13. The van der Waals surface area contributed by atoms with Crippen LogP contribution >= 0.6 is 11.3 Å². The maximum Gasteiger partial charge on any atom is 0.303 e. The first-order valence-corrected chi connectivity index (χ1v) is 6.70. The van der Waals surface area contributed by atoms with Crippen LogP contribution in [0.1, 0.15) is 12.1 Å². The Bertz CT molecular complexity index is 699. The predicted molar refractivity (Wildman–Crippen MR) is 72.3 cm³/mol. The molecule has 3 rings (SSSR count). The van der Waals surface area contributed by atoms with E-state index in [0.29, 0.717) is 6.42 Å². The number of carboxylic acid groups (broad SMARTS) is 1. The molecule has 3 aromatic heterocycles. The van der Waals surface area contributed by atoms with E-state index in [0.717, 1.165) is 22.0 Å². The van der Waals surface area contributed by atoms with Crippen LogP contribution in [0.5, 0.6) is 0 Å². The molecule has 1 N–H and O–H groups in total. The first-order chi connectivity index (χ1) is 9.22. The lowest BCUT2D eigenvalue weighted by Crippen LogP contribution is -1.97. The topological polar surface area (TPSA) is 67.5 Å². The average molecular weight is 273 g/mol. The number of rotatable bonds is 4. The van der Waals surface area contributed by atoms with Gasteiger partial charge in [-0.1, -0.05) is 6.07 Å². The van der Waals surface area contributed by atoms with Gasteiger partial charge >= 0.3 is 5.97 Å². The summed E-state index contributed by atoms with van der Waals surface area (Å²) in [6, 6.07) is 5.81. The van der Waals surface area contributed by atoms with E-state index in [1.807, 2.05) is 40.4 Å². The quantitative estimate of drug-likeness (QED) is 0.793. The van der Waals surface area contributed by atoms with E-state index in [4.69, 9.17) is 5.11 Å². The SMILES string of the molecule is O=C(O)CCc1csc(-c2cn3ccccc3n2)n1. The van der Waals surface area contributed by atoms with Crippen LogP contribution in [-0.2, 0) is 11.2 Å². The predicted octanol–water partition coefficient (Wildman–Crippen LogP) is 2.48. The summed E-state index contributed by atoms with van der Waals surface area (Å²) >= 11 is 1.49. The summed E-state index contributed by atoms with van der Waals surface area (Å²) in [5, 5.41) is 11.4. The van der Waals surface area contributed by atoms with Gasteiger partial charge in [0.05, 0.1) is 12.1 Å². The Balaban J connectivity index is 1.87. The first kappa shape index (κ1) is 11.9. The highest BCUT2D eigenvalue weighted by Crippen LogP contribution is 2.23. The molecule has 3 aromatic rings. The van der Waals surface area contributed by atoms with E-state index in [1.165, 1.54) is 11.3 Å². The molecular formula is C13H11N3O2S. The second kappa shape index (κ2) is 4.81. The standard InChI is InChI=1S/C13H11N3O2S/c17-12(18)5-4-9-8-19-13(14-9)10-7-16-6-2-1-3-11(16)15-10/h1-3,6-8H,4-5H2,(H,17,18). The van der Waals surface area contributed by atoms with Gasteiger partial charge in [0.1, 0.15) is 16.3 Å². The number of pyridine rings is 1. The Morgan fingerprint density at radius 2 is 2.26 bits per heavy atom. The van der Waals surface area contributed by atoms with Crippen molar-refractivity contribution in [1.29, 1.82) is 0 Å². The van der Waals surface area contributed by atoms with Gasteiger partial charge in [-0.25, -0.2) is 9.97 Å². The highest BCUT2D eigenvalue weighted by Gasteiger charge is 2.09. The molecule has 19 heavy (non-hydrogen) atoms. The second-order valence-corrected chi connectivity index (χ2v) is 4.99. The lowest BCUT2D eigenvalue weighted by atomic mass is 10.2. The Labute approximate surface area is 113 Å². The van der Waals surface area contributed by atoms with Gasteiger partial charge < -0.3 is 9.51 Å². The molecule has 0 aliphatic heterocycles. The zero-order valence-corrected chi connectivity index (χ0v) is 10.8. The number of imidazole rings is 1. The van der Waals surface area contributed by atoms with Gasteiger partial charge in [-0.15, -0.1) is 11.3 Å². The molecule has 0 unspecified atom stereocenters. The fraction of sp³-hybridized carbons (Fsp3) is 0.154. The molecule has 0 saturated heterocycles. The van der Waals surface area contributed by atoms with Gasteiger partial charge in [-0.3, -0.25) is 4.79 Å². The lowest BCUT2D eigenvalue weighted by Gasteiger charge is -1.90. The van der Waals surface area contributed by atoms with E-state index >= 15 is 0 Å². The summed E-state index contributed by atoms with van der Waals surface area (Å²) in [4.78, 5) is 19.4. The first-order valence-electron chi connectivity index (χ1n) is 5.83. The third-order valence-corrected chi connectivity index (χ3v) is 3.64. The van der Waals surface area contributed by atoms with E-state index in [-0.39, 0.29) is 6.42 Å². The molecule has 0 aromatic carbocycles. The van der Waals surface area contributed by atoms with Gasteiger partial charge in [0.15, 0.2) is 0 Å². The molecule has 0 saturated carbocycles. The van der Waals surface area contributed by atoms with Crippen LogP contribution < -0.4 is 0 Å². The molecule has 0 amide bonds. The molecule has 0 spiro atoms. The second-order valence-electron chi connectivity index (χ2n) is 4.13. The van der Waals surface area contributed by atoms with Crippen LogP contribution in [0.2, 0.25) is 0 Å². The van der Waals surface area contributed by atoms with Crippen molar-refractivity contribution in [2.45, 2.75) is 12.8 Å². The number of aromatic nitrogens is 3. The van der Waals surface area contributed by atoms with Gasteiger partial charge in [0.25, 0.3) is 0 Å². The van der Waals surface area contributed by atoms with Crippen molar-refractivity contribution in [2.24, 2.45) is 0 Å². The molecule has 96 valence electrons. The number of fused-ring (bicyclic) bond motifs is 1. The number of carboxylic acids is 1. The van der Waals surface area contributed by atoms with Crippen LogP contribution in [0.3, 0.4) is 0 Å². The lowest BCUT2D eigenvalue weighted by molar-refractivity contribution is -0.136. The van der Waals surface area contributed by atoms with E-state index < -0.39 is 5.97 Å². The van der Waals surface area contributed by atoms with Crippen LogP contribution in [0.15, 0.2) is 36.0 Å². The van der Waals surface area contributed by atoms with E-state index in [2.05, 4.69) is 9.97 Å². The number of hydrogen-bond acceptors (Lipinski definition) is 4. The van der Waals surface area contributed by atoms with Crippen LogP contribution in [-0.4, -0.2) is 25.4 Å². The van der Waals surface area contributed by atoms with E-state index in [1.54, 1.807) is 0 Å². The fourth-order valence-corrected chi connectivity index (χ4v) is 2.62. The summed E-state index contributed by atoms with van der Waals surface area (Å²) in [7, 11) is 0. The monoisotopic (exact) mass is 273 g/mol. The van der Waals surface area contributed by atoms with Crippen molar-refractivity contribution in [3.8, 4) is 10.7 Å². The van der Waals surface area contributed by atoms with Crippen LogP contribution in [0, 0.1) is 0 Å². The number of thiazole rings is 1. The van der Waals surface area contributed by atoms with Crippen LogP contribution in [0.4, 0.5) is 0 Å². The molecule has 6 heteroatoms. The van der Waals surface area contributed by atoms with Crippen molar-refractivity contribution in [2.75, 3.05) is 0 Å². The Kier molecular flexibility index (Phi) is 3.00. The molecule has 0 fully saturated rings. The Morgan fingerprint density at radius 3 is 3.05 bits per heavy atom. The average Bonchev–Trinajstić information content (AvgIpc) is 3.02. The Morgan fingerprint density at radius 1 is 1.37 bits per heavy atom. The summed E-state index contributed by atoms with van der Waals surface area (Å²) in [6.45, 7) is 0. The number of aliphatic carboxylic acids is 1. The highest BCUT2D eigenvalue weighted by atomic mass is 32.1. The van der Waals surface area contributed by atoms with Crippen molar-refractivity contribution in [1.82, 2.24) is 14.4 Å². The van der Waals surface area contributed by atoms with Crippen molar-refractivity contribution >= 4 is 23.0 Å². The van der Waals surface area contributed by atoms with Crippen molar-refractivity contribution in [3.05, 3.63) is 41.7 Å². The molecule has 0 aliphatic carbocycles. The summed E-state index contributed by atoms with van der Waals surface area (Å²) in [5.74, 6) is -0.803. The largest absolute Gasteiger partial charge is 0.481 e. The zero-order valence-electron chi connectivity index (χ0n) is 9.98. The summed E-state index contributed by atoms with van der Waals surface area (Å²) < 4.78 is 1.94. The minimum atomic E-state index is -0.803. The summed E-state index contributed by atoms with van der Waals surface area (Å²) in [5.41, 5.74) is 2.50. The molecule has 0 atom stereocenters. The minimum absolute atomic E-state index is 0.105. The zero-order chi connectivity index (χ0) is 13.2. The normalized spacial score (nSPS) is 10.9. The molecule has 0 bridgehead atoms. The number of hydrogen-bond donors (Lipinski definition) is 1. The maximum atomic E-state index is 10.5. The third-order valence-electron chi connectivity index (χ3n) is 2.73. The number of nitrogens with zero attached hydrogens (tertiary/aromatic N) is 3. The molecular weight excluding hydrogens is 262 g/mol. The molecule has 0 radical (unpaired) electrons. The summed E-state index contributed by atoms with van der Waals surface area (Å²) in [6.07, 6.45) is 4.42. The van der Waals surface area contributed by atoms with E-state index in [9.17, 15) is 4.79 Å². The Hall–Kier alpha value is -2.21. The van der Waals surface area contributed by atoms with Gasteiger partial charge in [0, 0.05) is 24.2 Å². The van der Waals surface area contributed by atoms with Crippen molar-refractivity contribution < 1.29 is 9.90 Å². The van der Waals surface area contributed by atoms with Gasteiger partial charge in [-0.2, -0.15) is 0 Å². The number of aryl methyl sites for hydroxylation is 1. The molecule has 3 heterocycles. The molecule has 0 aliphatic rings. The van der Waals surface area contributed by atoms with Gasteiger partial charge in [-0.05, 0) is 12.1 Å². The third kappa shape index (κ3) is 2.48. The fourth-order valence-electron chi connectivity index (χ4n) is 1.81. The van der Waals surface area contributed by atoms with Crippen LogP contribution in [0.25, 0.3) is 16.3 Å². The number of carbonyl (C=O) groups is 1. The van der Waals surface area contributed by atoms with Gasteiger partial charge in [0.2, 0.25) is 0 Å². The van der Waals surface area contributed by atoms with Crippen molar-refractivity contribution in [3.63, 3.8) is 0 Å².